The number of amides is 3. The predicted molar refractivity (Wildman–Crippen MR) is 125 cm³/mol. The Hall–Kier alpha value is -2.37. The molecule has 0 aliphatic heterocycles. The van der Waals surface area contributed by atoms with E-state index in [-0.39, 0.29) is 35.6 Å². The maximum absolute atomic E-state index is 13.4. The molecule has 0 radical (unpaired) electrons. The van der Waals surface area contributed by atoms with Crippen molar-refractivity contribution < 1.29 is 14.4 Å². The smallest absolute Gasteiger partial charge is 0.243 e. The highest BCUT2D eigenvalue weighted by atomic mass is 16.2. The van der Waals surface area contributed by atoms with Crippen molar-refractivity contribution in [2.75, 3.05) is 11.9 Å². The zero-order chi connectivity index (χ0) is 23.0. The summed E-state index contributed by atoms with van der Waals surface area (Å²) in [5, 5.41) is 8.68. The largest absolute Gasteiger partial charge is 0.345 e. The van der Waals surface area contributed by atoms with Crippen LogP contribution in [-0.4, -0.2) is 30.3 Å². The van der Waals surface area contributed by atoms with Crippen LogP contribution in [0.15, 0.2) is 18.2 Å². The van der Waals surface area contributed by atoms with Crippen molar-refractivity contribution in [3.8, 4) is 0 Å². The minimum atomic E-state index is -0.635. The minimum Gasteiger partial charge on any atom is -0.345 e. The van der Waals surface area contributed by atoms with Gasteiger partial charge in [-0.3, -0.25) is 14.4 Å². The SMILES string of the molecule is Cc1cccc(NC(=O)CNC(=O)[C@@H](NC(=O)C23CC4CC(CC(C4)C2)C3)C(C)C)c1C. The van der Waals surface area contributed by atoms with Gasteiger partial charge in [0.05, 0.1) is 6.54 Å². The highest BCUT2D eigenvalue weighted by molar-refractivity contribution is 5.97. The summed E-state index contributed by atoms with van der Waals surface area (Å²) in [7, 11) is 0. The molecule has 1 aromatic rings. The first-order valence-corrected chi connectivity index (χ1v) is 12.1. The molecule has 6 heteroatoms. The lowest BCUT2D eigenvalue weighted by Gasteiger charge is -2.55. The van der Waals surface area contributed by atoms with Crippen LogP contribution in [0, 0.1) is 42.9 Å². The molecule has 4 aliphatic carbocycles. The topological polar surface area (TPSA) is 87.3 Å². The van der Waals surface area contributed by atoms with Crippen LogP contribution in [0.5, 0.6) is 0 Å². The molecule has 174 valence electrons. The second-order valence-electron chi connectivity index (χ2n) is 10.9. The molecule has 1 atom stereocenters. The number of hydrogen-bond donors (Lipinski definition) is 3. The third-order valence-electron chi connectivity index (χ3n) is 8.06. The molecule has 4 aliphatic rings. The van der Waals surface area contributed by atoms with E-state index >= 15 is 0 Å². The van der Waals surface area contributed by atoms with Gasteiger partial charge in [-0.15, -0.1) is 0 Å². The predicted octanol–water partition coefficient (Wildman–Crippen LogP) is 3.72. The fraction of sp³-hybridized carbons (Fsp3) is 0.654. The third kappa shape index (κ3) is 4.55. The Morgan fingerprint density at radius 2 is 1.59 bits per heavy atom. The number of carbonyl (C=O) groups is 3. The van der Waals surface area contributed by atoms with E-state index < -0.39 is 6.04 Å². The van der Waals surface area contributed by atoms with Crippen molar-refractivity contribution in [1.82, 2.24) is 10.6 Å². The summed E-state index contributed by atoms with van der Waals surface area (Å²) in [5.41, 5.74) is 2.57. The van der Waals surface area contributed by atoms with Crippen molar-refractivity contribution in [3.05, 3.63) is 29.3 Å². The third-order valence-corrected chi connectivity index (χ3v) is 8.06. The average Bonchev–Trinajstić information content (AvgIpc) is 2.72. The Labute approximate surface area is 191 Å². The molecule has 3 N–H and O–H groups in total. The summed E-state index contributed by atoms with van der Waals surface area (Å²) in [4.78, 5) is 38.7. The number of nitrogens with one attached hydrogen (secondary N) is 3. The highest BCUT2D eigenvalue weighted by Gasteiger charge is 2.55. The van der Waals surface area contributed by atoms with Gasteiger partial charge in [-0.1, -0.05) is 26.0 Å². The molecule has 32 heavy (non-hydrogen) atoms. The van der Waals surface area contributed by atoms with Crippen LogP contribution < -0.4 is 16.0 Å². The van der Waals surface area contributed by atoms with Gasteiger partial charge >= 0.3 is 0 Å². The fourth-order valence-electron chi connectivity index (χ4n) is 6.58. The monoisotopic (exact) mass is 439 g/mol. The van der Waals surface area contributed by atoms with Crippen molar-refractivity contribution in [2.24, 2.45) is 29.1 Å². The molecule has 1 aromatic carbocycles. The van der Waals surface area contributed by atoms with E-state index in [4.69, 9.17) is 0 Å². The molecular weight excluding hydrogens is 402 g/mol. The van der Waals surface area contributed by atoms with Crippen LogP contribution in [0.4, 0.5) is 5.69 Å². The van der Waals surface area contributed by atoms with Gasteiger partial charge in [0.2, 0.25) is 17.7 Å². The van der Waals surface area contributed by atoms with Crippen LogP contribution in [0.25, 0.3) is 0 Å². The van der Waals surface area contributed by atoms with E-state index in [1.165, 1.54) is 19.3 Å². The lowest BCUT2D eigenvalue weighted by molar-refractivity contribution is -0.149. The molecule has 4 saturated carbocycles. The van der Waals surface area contributed by atoms with Crippen LogP contribution >= 0.6 is 0 Å². The van der Waals surface area contributed by atoms with Gasteiger partial charge in [0.15, 0.2) is 0 Å². The highest BCUT2D eigenvalue weighted by Crippen LogP contribution is 2.60. The Balaban J connectivity index is 1.34. The molecular formula is C26H37N3O3. The molecule has 3 amide bonds. The van der Waals surface area contributed by atoms with Crippen LogP contribution in [0.2, 0.25) is 0 Å². The van der Waals surface area contributed by atoms with Gasteiger partial charge in [0, 0.05) is 11.1 Å². The Kier molecular flexibility index (Phi) is 6.33. The van der Waals surface area contributed by atoms with E-state index in [1.54, 1.807) is 0 Å². The summed E-state index contributed by atoms with van der Waals surface area (Å²) < 4.78 is 0. The molecule has 4 bridgehead atoms. The number of rotatable bonds is 7. The second kappa shape index (κ2) is 8.87. The summed E-state index contributed by atoms with van der Waals surface area (Å²) in [6, 6.07) is 5.10. The molecule has 5 rings (SSSR count). The molecule has 0 heterocycles. The van der Waals surface area contributed by atoms with Crippen molar-refractivity contribution in [2.45, 2.75) is 72.3 Å². The minimum absolute atomic E-state index is 0.0466. The summed E-state index contributed by atoms with van der Waals surface area (Å²) >= 11 is 0. The quantitative estimate of drug-likeness (QED) is 0.605. The summed E-state index contributed by atoms with van der Waals surface area (Å²) in [6.45, 7) is 7.69. The standard InChI is InChI=1S/C26H37N3O3/c1-15(2)23(24(31)27-14-22(30)28-21-7-5-6-16(3)17(21)4)29-25(32)26-11-18-8-19(12-26)10-20(9-18)13-26/h5-7,15,18-20,23H,8-14H2,1-4H3,(H,27,31)(H,28,30)(H,29,32)/t18?,19?,20?,23-,26?/m0/s1. The van der Waals surface area contributed by atoms with Gasteiger partial charge in [0.25, 0.3) is 0 Å². The van der Waals surface area contributed by atoms with Crippen LogP contribution in [0.1, 0.15) is 63.5 Å². The fourth-order valence-corrected chi connectivity index (χ4v) is 6.58. The molecule has 0 unspecified atom stereocenters. The lowest BCUT2D eigenvalue weighted by Crippen LogP contribution is -2.58. The van der Waals surface area contributed by atoms with Gasteiger partial charge in [0.1, 0.15) is 6.04 Å². The number of benzene rings is 1. The molecule has 0 saturated heterocycles. The van der Waals surface area contributed by atoms with Crippen LogP contribution in [0.3, 0.4) is 0 Å². The maximum atomic E-state index is 13.4. The summed E-state index contributed by atoms with van der Waals surface area (Å²) in [5.74, 6) is 1.43. The van der Waals surface area contributed by atoms with E-state index in [1.807, 2.05) is 45.9 Å². The van der Waals surface area contributed by atoms with Gasteiger partial charge in [-0.25, -0.2) is 0 Å². The Morgan fingerprint density at radius 1 is 1.00 bits per heavy atom. The van der Waals surface area contributed by atoms with Gasteiger partial charge in [-0.05, 0) is 93.2 Å². The first-order chi connectivity index (χ1) is 15.2. The number of hydrogen-bond acceptors (Lipinski definition) is 3. The first-order valence-electron chi connectivity index (χ1n) is 12.1. The zero-order valence-electron chi connectivity index (χ0n) is 19.8. The van der Waals surface area contributed by atoms with Gasteiger partial charge < -0.3 is 16.0 Å². The summed E-state index contributed by atoms with van der Waals surface area (Å²) in [6.07, 6.45) is 6.73. The van der Waals surface area contributed by atoms with Crippen molar-refractivity contribution in [1.29, 1.82) is 0 Å². The van der Waals surface area contributed by atoms with Gasteiger partial charge in [-0.2, -0.15) is 0 Å². The second-order valence-corrected chi connectivity index (χ2v) is 10.9. The molecule has 4 fully saturated rings. The molecule has 6 nitrogen and oxygen atoms in total. The number of aryl methyl sites for hydroxylation is 1. The molecule has 0 spiro atoms. The van der Waals surface area contributed by atoms with E-state index in [0.717, 1.165) is 36.1 Å². The first kappa shape index (κ1) is 22.8. The molecule has 0 aromatic heterocycles. The zero-order valence-corrected chi connectivity index (χ0v) is 19.8. The Morgan fingerprint density at radius 3 is 2.16 bits per heavy atom. The van der Waals surface area contributed by atoms with E-state index in [2.05, 4.69) is 16.0 Å². The lowest BCUT2D eigenvalue weighted by atomic mass is 9.49. The maximum Gasteiger partial charge on any atom is 0.243 e. The van der Waals surface area contributed by atoms with Crippen molar-refractivity contribution >= 4 is 23.4 Å². The number of carbonyl (C=O) groups excluding carboxylic acids is 3. The van der Waals surface area contributed by atoms with Crippen LogP contribution in [-0.2, 0) is 14.4 Å². The van der Waals surface area contributed by atoms with E-state index in [9.17, 15) is 14.4 Å². The average molecular weight is 440 g/mol. The normalized spacial score (nSPS) is 29.0. The Bertz CT molecular complexity index is 872. The van der Waals surface area contributed by atoms with E-state index in [0.29, 0.717) is 17.8 Å². The van der Waals surface area contributed by atoms with Crippen molar-refractivity contribution in [3.63, 3.8) is 0 Å². The number of anilines is 1.